The predicted molar refractivity (Wildman–Crippen MR) is 129 cm³/mol. The van der Waals surface area contributed by atoms with Crippen LogP contribution in [0.5, 0.6) is 0 Å². The molecule has 0 aliphatic heterocycles. The van der Waals surface area contributed by atoms with Crippen LogP contribution in [0.3, 0.4) is 0 Å². The summed E-state index contributed by atoms with van der Waals surface area (Å²) in [5.74, 6) is -0.190. The summed E-state index contributed by atoms with van der Waals surface area (Å²) < 4.78 is 65.7. The van der Waals surface area contributed by atoms with E-state index in [1.165, 1.54) is 0 Å². The molecule has 0 rings (SSSR count). The first kappa shape index (κ1) is 32.8. The molecule has 0 spiro atoms. The van der Waals surface area contributed by atoms with Crippen molar-refractivity contribution in [2.24, 2.45) is 0 Å². The lowest BCUT2D eigenvalue weighted by atomic mass is 10.1. The second-order valence-corrected chi connectivity index (χ2v) is 9.63. The van der Waals surface area contributed by atoms with E-state index in [2.05, 4.69) is 26.3 Å². The lowest BCUT2D eigenvalue weighted by molar-refractivity contribution is -0.906. The third kappa shape index (κ3) is 23.3. The van der Waals surface area contributed by atoms with Gasteiger partial charge in [0.15, 0.2) is 0 Å². The van der Waals surface area contributed by atoms with Crippen LogP contribution >= 0.6 is 0 Å². The van der Waals surface area contributed by atoms with Gasteiger partial charge in [0.1, 0.15) is 0 Å². The Morgan fingerprint density at radius 2 is 0.969 bits per heavy atom. The molecule has 0 amide bonds. The Balaban J connectivity index is 0. The maximum absolute atomic E-state index is 11.8. The molecule has 0 unspecified atom stereocenters. The molecule has 1 N–H and O–H groups in total. The fourth-order valence-corrected chi connectivity index (χ4v) is 3.96. The van der Waals surface area contributed by atoms with Gasteiger partial charge in [-0.15, -0.1) is 0 Å². The van der Waals surface area contributed by atoms with Crippen molar-refractivity contribution in [3.05, 3.63) is 50.6 Å². The molecule has 4 nitrogen and oxygen atoms in total. The highest BCUT2D eigenvalue weighted by Crippen LogP contribution is 2.23. The number of halogens is 3. The fraction of sp³-hybridized carbons (Fsp3) is 0.667. The number of unbranched alkanes of at least 4 members (excludes halogenated alkanes) is 8. The van der Waals surface area contributed by atoms with E-state index in [1.54, 1.807) is 0 Å². The normalized spacial score (nSPS) is 11.9. The van der Waals surface area contributed by atoms with Crippen molar-refractivity contribution in [1.82, 2.24) is 0 Å². The minimum atomic E-state index is -4.03. The van der Waals surface area contributed by atoms with Gasteiger partial charge in [-0.1, -0.05) is 71.3 Å². The minimum Gasteiger partial charge on any atom is -0.311 e. The Morgan fingerprint density at radius 3 is 1.25 bits per heavy atom. The molecule has 0 aliphatic rings. The zero-order chi connectivity index (χ0) is 24.9. The number of alkyl halides is 3. The number of hydrogen-bond donors (Lipinski definition) is 1. The van der Waals surface area contributed by atoms with E-state index in [9.17, 15) is 21.6 Å². The SMILES string of the molecule is C=CC[N+](CC=C)(CC=C)CC=C.O=S(=O)(O)CCCCCCCCCCCC(F)(F)F. The third-order valence-electron chi connectivity index (χ3n) is 4.93. The van der Waals surface area contributed by atoms with E-state index in [4.69, 9.17) is 4.55 Å². The van der Waals surface area contributed by atoms with E-state index in [1.807, 2.05) is 24.3 Å². The van der Waals surface area contributed by atoms with Gasteiger partial charge in [0.2, 0.25) is 0 Å². The Bertz CT molecular complexity index is 571. The van der Waals surface area contributed by atoms with E-state index in [-0.39, 0.29) is 12.2 Å². The second kappa shape index (κ2) is 19.1. The highest BCUT2D eigenvalue weighted by molar-refractivity contribution is 7.85. The van der Waals surface area contributed by atoms with E-state index in [0.717, 1.165) is 69.2 Å². The molecule has 0 aromatic carbocycles. The molecule has 0 saturated carbocycles. The highest BCUT2D eigenvalue weighted by Gasteiger charge is 2.25. The van der Waals surface area contributed by atoms with Gasteiger partial charge in [-0.05, 0) is 37.1 Å². The Kier molecular flexibility index (Phi) is 19.6. The quantitative estimate of drug-likeness (QED) is 0.0944. The number of rotatable bonds is 19. The fourth-order valence-electron chi connectivity index (χ4n) is 3.39. The summed E-state index contributed by atoms with van der Waals surface area (Å²) in [6, 6.07) is 0. The van der Waals surface area contributed by atoms with Crippen molar-refractivity contribution in [1.29, 1.82) is 0 Å². The van der Waals surface area contributed by atoms with Crippen LogP contribution in [0.2, 0.25) is 0 Å². The van der Waals surface area contributed by atoms with Crippen molar-refractivity contribution >= 4 is 10.1 Å². The molecule has 188 valence electrons. The molecule has 0 atom stereocenters. The first-order chi connectivity index (χ1) is 14.9. The van der Waals surface area contributed by atoms with Crippen LogP contribution in [0.4, 0.5) is 13.2 Å². The van der Waals surface area contributed by atoms with E-state index in [0.29, 0.717) is 12.8 Å². The number of quaternary nitrogens is 1. The van der Waals surface area contributed by atoms with Gasteiger partial charge >= 0.3 is 6.18 Å². The molecule has 0 heterocycles. The molecule has 0 radical (unpaired) electrons. The second-order valence-electron chi connectivity index (χ2n) is 8.06. The molecule has 0 fully saturated rings. The van der Waals surface area contributed by atoms with Crippen LogP contribution in [0.25, 0.3) is 0 Å². The van der Waals surface area contributed by atoms with Gasteiger partial charge in [0, 0.05) is 6.42 Å². The van der Waals surface area contributed by atoms with Crippen LogP contribution in [0.1, 0.15) is 64.2 Å². The maximum Gasteiger partial charge on any atom is 0.389 e. The molecular formula is C24H43F3NO3S+. The molecule has 0 aliphatic carbocycles. The van der Waals surface area contributed by atoms with E-state index >= 15 is 0 Å². The number of nitrogens with zero attached hydrogens (tertiary/aromatic N) is 1. The van der Waals surface area contributed by atoms with Gasteiger partial charge in [0.25, 0.3) is 10.1 Å². The van der Waals surface area contributed by atoms with Crippen molar-refractivity contribution in [3.8, 4) is 0 Å². The van der Waals surface area contributed by atoms with Crippen LogP contribution in [0, 0.1) is 0 Å². The monoisotopic (exact) mass is 482 g/mol. The van der Waals surface area contributed by atoms with Gasteiger partial charge in [-0.2, -0.15) is 21.6 Å². The smallest absolute Gasteiger partial charge is 0.311 e. The topological polar surface area (TPSA) is 54.4 Å². The summed E-state index contributed by atoms with van der Waals surface area (Å²) in [4.78, 5) is 0. The predicted octanol–water partition coefficient (Wildman–Crippen LogP) is 6.88. The first-order valence-corrected chi connectivity index (χ1v) is 12.9. The average Bonchev–Trinajstić information content (AvgIpc) is 2.66. The third-order valence-corrected chi connectivity index (χ3v) is 5.73. The van der Waals surface area contributed by atoms with Crippen LogP contribution in [0.15, 0.2) is 50.6 Å². The molecule has 0 saturated heterocycles. The Hall–Kier alpha value is -1.38. The highest BCUT2D eigenvalue weighted by atomic mass is 32.2. The average molecular weight is 483 g/mol. The summed E-state index contributed by atoms with van der Waals surface area (Å²) in [5, 5.41) is 0. The van der Waals surface area contributed by atoms with Crippen LogP contribution < -0.4 is 0 Å². The van der Waals surface area contributed by atoms with Gasteiger partial charge in [-0.25, -0.2) is 0 Å². The van der Waals surface area contributed by atoms with E-state index < -0.39 is 22.7 Å². The van der Waals surface area contributed by atoms with Gasteiger partial charge in [-0.3, -0.25) is 4.55 Å². The van der Waals surface area contributed by atoms with Crippen molar-refractivity contribution < 1.29 is 30.6 Å². The summed E-state index contributed by atoms with van der Waals surface area (Å²) in [5.41, 5.74) is 0. The summed E-state index contributed by atoms with van der Waals surface area (Å²) in [7, 11) is -3.84. The maximum atomic E-state index is 11.8. The van der Waals surface area contributed by atoms with Crippen molar-refractivity contribution in [2.45, 2.75) is 70.4 Å². The zero-order valence-corrected chi connectivity index (χ0v) is 20.3. The molecule has 0 bridgehead atoms. The van der Waals surface area contributed by atoms with Crippen molar-refractivity contribution in [3.63, 3.8) is 0 Å². The molecule has 8 heteroatoms. The lowest BCUT2D eigenvalue weighted by Gasteiger charge is -2.35. The first-order valence-electron chi connectivity index (χ1n) is 11.3. The summed E-state index contributed by atoms with van der Waals surface area (Å²) in [6.45, 7) is 18.8. The summed E-state index contributed by atoms with van der Waals surface area (Å²) >= 11 is 0. The Morgan fingerprint density at radius 1 is 0.656 bits per heavy atom. The van der Waals surface area contributed by atoms with Crippen LogP contribution in [-0.4, -0.2) is 55.6 Å². The molecule has 0 aromatic rings. The minimum absolute atomic E-state index is 0.190. The Labute approximate surface area is 193 Å². The van der Waals surface area contributed by atoms with Crippen LogP contribution in [-0.2, 0) is 10.1 Å². The number of hydrogen-bond acceptors (Lipinski definition) is 2. The summed E-state index contributed by atoms with van der Waals surface area (Å²) in [6.07, 6.45) is 9.66. The zero-order valence-electron chi connectivity index (χ0n) is 19.5. The molecule has 32 heavy (non-hydrogen) atoms. The lowest BCUT2D eigenvalue weighted by Crippen LogP contribution is -2.48. The largest absolute Gasteiger partial charge is 0.389 e. The standard InChI is InChI=1S/C12H23F3O3S.C12H20N/c13-12(14,15)10-8-6-4-2-1-3-5-7-9-11-19(16,17)18;1-5-9-13(10-6-2,11-7-3)12-8-4/h1-11H2,(H,16,17,18);5-8H,1-4,9-12H2/q;+1. The molecular weight excluding hydrogens is 439 g/mol. The van der Waals surface area contributed by atoms with Gasteiger partial charge < -0.3 is 4.48 Å². The molecule has 0 aromatic heterocycles. The van der Waals surface area contributed by atoms with Crippen molar-refractivity contribution in [2.75, 3.05) is 31.9 Å². The van der Waals surface area contributed by atoms with Gasteiger partial charge in [0.05, 0.1) is 31.9 Å².